The largest absolute Gasteiger partial charge is 0.353 e. The zero-order chi connectivity index (χ0) is 23.0. The Bertz CT molecular complexity index is 1300. The van der Waals surface area contributed by atoms with E-state index >= 15 is 0 Å². The summed E-state index contributed by atoms with van der Waals surface area (Å²) in [4.78, 5) is 14.8. The Morgan fingerprint density at radius 3 is 2.06 bits per heavy atom. The van der Waals surface area contributed by atoms with Crippen molar-refractivity contribution in [2.24, 2.45) is 0 Å². The van der Waals surface area contributed by atoms with Crippen LogP contribution in [-0.2, 0) is 10.0 Å². The van der Waals surface area contributed by atoms with E-state index in [0.29, 0.717) is 36.9 Å². The maximum atomic E-state index is 13.1. The molecule has 0 spiro atoms. The molecule has 0 unspecified atom stereocenters. The average Bonchev–Trinajstić information content (AvgIpc) is 2.75. The SMILES string of the molecule is Cc1cc(C)cc(S(=O)(=O)N2CCN(c3ccc(=O)n(-c4ccc(C)c(C)c4)n3)CC2)c1. The van der Waals surface area contributed by atoms with Crippen molar-refractivity contribution in [1.82, 2.24) is 14.1 Å². The molecule has 2 aromatic carbocycles. The predicted molar refractivity (Wildman–Crippen MR) is 126 cm³/mol. The van der Waals surface area contributed by atoms with Crippen molar-refractivity contribution in [3.05, 3.63) is 81.1 Å². The number of nitrogens with zero attached hydrogens (tertiary/aromatic N) is 4. The Kier molecular flexibility index (Phi) is 5.92. The molecule has 0 bridgehead atoms. The fourth-order valence-electron chi connectivity index (χ4n) is 4.00. The number of hydrogen-bond acceptors (Lipinski definition) is 5. The van der Waals surface area contributed by atoms with Crippen LogP contribution in [0.2, 0.25) is 0 Å². The van der Waals surface area contributed by atoms with E-state index in [9.17, 15) is 13.2 Å². The molecule has 1 saturated heterocycles. The van der Waals surface area contributed by atoms with Crippen molar-refractivity contribution < 1.29 is 8.42 Å². The van der Waals surface area contributed by atoms with Crippen LogP contribution in [-0.4, -0.2) is 48.7 Å². The third-order valence-electron chi connectivity index (χ3n) is 5.92. The van der Waals surface area contributed by atoms with Gasteiger partial charge < -0.3 is 4.90 Å². The first-order valence-electron chi connectivity index (χ1n) is 10.7. The number of aryl methyl sites for hydroxylation is 4. The second kappa shape index (κ2) is 8.52. The zero-order valence-electron chi connectivity index (χ0n) is 18.9. The van der Waals surface area contributed by atoms with Gasteiger partial charge in [0.15, 0.2) is 0 Å². The van der Waals surface area contributed by atoms with Gasteiger partial charge in [0.1, 0.15) is 5.82 Å². The van der Waals surface area contributed by atoms with Gasteiger partial charge in [0.25, 0.3) is 5.56 Å². The Labute approximate surface area is 189 Å². The molecule has 2 heterocycles. The van der Waals surface area contributed by atoms with Crippen molar-refractivity contribution in [2.75, 3.05) is 31.1 Å². The molecule has 7 nitrogen and oxygen atoms in total. The molecule has 1 aliphatic heterocycles. The van der Waals surface area contributed by atoms with Gasteiger partial charge in [-0.15, -0.1) is 5.10 Å². The van der Waals surface area contributed by atoms with E-state index < -0.39 is 10.0 Å². The summed E-state index contributed by atoms with van der Waals surface area (Å²) in [6.45, 7) is 9.56. The van der Waals surface area contributed by atoms with Crippen LogP contribution >= 0.6 is 0 Å². The highest BCUT2D eigenvalue weighted by molar-refractivity contribution is 7.89. The quantitative estimate of drug-likeness (QED) is 0.608. The van der Waals surface area contributed by atoms with Crippen LogP contribution in [0.3, 0.4) is 0 Å². The third kappa shape index (κ3) is 4.33. The summed E-state index contributed by atoms with van der Waals surface area (Å²) >= 11 is 0. The van der Waals surface area contributed by atoms with Crippen LogP contribution in [0.1, 0.15) is 22.3 Å². The molecule has 32 heavy (non-hydrogen) atoms. The second-order valence-corrected chi connectivity index (χ2v) is 10.4. The maximum absolute atomic E-state index is 13.1. The molecule has 0 amide bonds. The molecule has 1 aromatic heterocycles. The van der Waals surface area contributed by atoms with Crippen LogP contribution in [0, 0.1) is 27.7 Å². The van der Waals surface area contributed by atoms with E-state index in [1.54, 1.807) is 18.2 Å². The number of aromatic nitrogens is 2. The number of benzene rings is 2. The molecule has 1 aliphatic rings. The molecule has 168 valence electrons. The molecule has 0 N–H and O–H groups in total. The summed E-state index contributed by atoms with van der Waals surface area (Å²) in [5, 5.41) is 4.57. The monoisotopic (exact) mass is 452 g/mol. The van der Waals surface area contributed by atoms with Gasteiger partial charge in [-0.05, 0) is 80.3 Å². The van der Waals surface area contributed by atoms with Crippen LogP contribution in [0.5, 0.6) is 0 Å². The van der Waals surface area contributed by atoms with Crippen LogP contribution in [0.15, 0.2) is 58.2 Å². The minimum atomic E-state index is -3.55. The van der Waals surface area contributed by atoms with Crippen LogP contribution in [0.4, 0.5) is 5.82 Å². The van der Waals surface area contributed by atoms with E-state index in [4.69, 9.17) is 0 Å². The molecule has 0 aliphatic carbocycles. The Morgan fingerprint density at radius 2 is 1.44 bits per heavy atom. The van der Waals surface area contributed by atoms with E-state index in [-0.39, 0.29) is 5.56 Å². The fraction of sp³-hybridized carbons (Fsp3) is 0.333. The molecule has 0 saturated carbocycles. The number of rotatable bonds is 4. The van der Waals surface area contributed by atoms with Gasteiger partial charge in [0, 0.05) is 32.2 Å². The Morgan fingerprint density at radius 1 is 0.781 bits per heavy atom. The summed E-state index contributed by atoms with van der Waals surface area (Å²) < 4.78 is 29.2. The summed E-state index contributed by atoms with van der Waals surface area (Å²) in [5.74, 6) is 0.659. The van der Waals surface area contributed by atoms with E-state index in [0.717, 1.165) is 27.9 Å². The molecule has 1 fully saturated rings. The van der Waals surface area contributed by atoms with Gasteiger partial charge in [-0.1, -0.05) is 12.1 Å². The number of hydrogen-bond donors (Lipinski definition) is 0. The zero-order valence-corrected chi connectivity index (χ0v) is 19.7. The van der Waals surface area contributed by atoms with Gasteiger partial charge in [0.2, 0.25) is 10.0 Å². The first-order chi connectivity index (χ1) is 15.1. The van der Waals surface area contributed by atoms with Gasteiger partial charge in [-0.25, -0.2) is 8.42 Å². The van der Waals surface area contributed by atoms with Crippen molar-refractivity contribution >= 4 is 15.8 Å². The smallest absolute Gasteiger partial charge is 0.271 e. The standard InChI is InChI=1S/C24H28N4O3S/c1-17-13-18(2)15-22(14-17)32(30,31)27-11-9-26(10-12-27)23-7-8-24(29)28(25-23)21-6-5-19(3)20(4)16-21/h5-8,13-16H,9-12H2,1-4H3. The molecule has 4 rings (SSSR count). The molecular formula is C24H28N4O3S. The van der Waals surface area contributed by atoms with Gasteiger partial charge in [-0.3, -0.25) is 4.79 Å². The maximum Gasteiger partial charge on any atom is 0.271 e. The van der Waals surface area contributed by atoms with Crippen LogP contribution in [0.25, 0.3) is 5.69 Å². The van der Waals surface area contributed by atoms with E-state index in [1.807, 2.05) is 56.9 Å². The van der Waals surface area contributed by atoms with Crippen molar-refractivity contribution in [3.63, 3.8) is 0 Å². The fourth-order valence-corrected chi connectivity index (χ4v) is 5.61. The van der Waals surface area contributed by atoms with Crippen molar-refractivity contribution in [2.45, 2.75) is 32.6 Å². The summed E-state index contributed by atoms with van der Waals surface area (Å²) in [6, 6.07) is 14.4. The number of piperazine rings is 1. The van der Waals surface area contributed by atoms with Crippen molar-refractivity contribution in [3.8, 4) is 5.69 Å². The summed E-state index contributed by atoms with van der Waals surface area (Å²) in [5.41, 5.74) is 4.62. The summed E-state index contributed by atoms with van der Waals surface area (Å²) in [6.07, 6.45) is 0. The molecule has 0 atom stereocenters. The predicted octanol–water partition coefficient (Wildman–Crippen LogP) is 2.98. The van der Waals surface area contributed by atoms with Gasteiger partial charge >= 0.3 is 0 Å². The van der Waals surface area contributed by atoms with E-state index in [2.05, 4.69) is 5.10 Å². The molecule has 3 aromatic rings. The Balaban J connectivity index is 1.54. The summed E-state index contributed by atoms with van der Waals surface area (Å²) in [7, 11) is -3.55. The van der Waals surface area contributed by atoms with Crippen molar-refractivity contribution in [1.29, 1.82) is 0 Å². The van der Waals surface area contributed by atoms with Gasteiger partial charge in [0.05, 0.1) is 10.6 Å². The minimum absolute atomic E-state index is 0.201. The minimum Gasteiger partial charge on any atom is -0.353 e. The lowest BCUT2D eigenvalue weighted by molar-refractivity contribution is 0.383. The normalized spacial score (nSPS) is 15.2. The number of sulfonamides is 1. The van der Waals surface area contributed by atoms with Gasteiger partial charge in [-0.2, -0.15) is 8.99 Å². The third-order valence-corrected chi connectivity index (χ3v) is 7.79. The highest BCUT2D eigenvalue weighted by Gasteiger charge is 2.29. The Hall–Kier alpha value is -2.97. The average molecular weight is 453 g/mol. The topological polar surface area (TPSA) is 75.5 Å². The highest BCUT2D eigenvalue weighted by atomic mass is 32.2. The first-order valence-corrected chi connectivity index (χ1v) is 12.1. The first kappa shape index (κ1) is 22.2. The lowest BCUT2D eigenvalue weighted by Gasteiger charge is -2.34. The number of anilines is 1. The lowest BCUT2D eigenvalue weighted by Crippen LogP contribution is -2.49. The molecule has 8 heteroatoms. The molecule has 0 radical (unpaired) electrons. The lowest BCUT2D eigenvalue weighted by atomic mass is 10.1. The molecular weight excluding hydrogens is 424 g/mol. The second-order valence-electron chi connectivity index (χ2n) is 8.42. The van der Waals surface area contributed by atoms with E-state index in [1.165, 1.54) is 15.1 Å². The van der Waals surface area contributed by atoms with Crippen LogP contribution < -0.4 is 10.5 Å². The highest BCUT2D eigenvalue weighted by Crippen LogP contribution is 2.22.